The Morgan fingerprint density at radius 3 is 0.935 bits per heavy atom. The zero-order valence-electron chi connectivity index (χ0n) is 56.7. The summed E-state index contributed by atoms with van der Waals surface area (Å²) in [7, 11) is 0. The number of hydrogen-bond acceptors (Lipinski definition) is 30. The van der Waals surface area contributed by atoms with Gasteiger partial charge in [-0.15, -0.1) is 0 Å². The molecule has 0 aromatic carbocycles. The van der Waals surface area contributed by atoms with Gasteiger partial charge in [0.15, 0.2) is 18.9 Å². The molecular weight excluding hydrogens is 1240 g/mol. The second kappa shape index (κ2) is 38.6. The van der Waals surface area contributed by atoms with E-state index in [1.54, 1.807) is 6.92 Å². The highest BCUT2D eigenvalue weighted by Gasteiger charge is 2.53. The molecule has 0 radical (unpaired) electrons. The van der Waals surface area contributed by atoms with Crippen LogP contribution in [-0.2, 0) is 42.6 Å². The van der Waals surface area contributed by atoms with Crippen molar-refractivity contribution in [2.24, 2.45) is 21.7 Å². The van der Waals surface area contributed by atoms with E-state index in [1.165, 1.54) is 0 Å². The summed E-state index contributed by atoms with van der Waals surface area (Å²) in [5.41, 5.74) is 0.572. The normalized spacial score (nSPS) is 42.0. The van der Waals surface area contributed by atoms with Crippen LogP contribution in [0.5, 0.6) is 0 Å². The maximum absolute atomic E-state index is 11.0. The number of hydrogen-bond donors (Lipinski definition) is 21. The van der Waals surface area contributed by atoms with Crippen LogP contribution < -0.4 is 0 Å². The van der Waals surface area contributed by atoms with Crippen LogP contribution in [0.25, 0.3) is 0 Å². The summed E-state index contributed by atoms with van der Waals surface area (Å²) in [5, 5.41) is 207. The molecular formula is C63H122O30. The maximum Gasteiger partial charge on any atom is 0.187 e. The molecule has 0 aromatic rings. The van der Waals surface area contributed by atoms with Gasteiger partial charge in [0, 0.05) is 0 Å². The fourth-order valence-corrected chi connectivity index (χ4v) is 11.3. The summed E-state index contributed by atoms with van der Waals surface area (Å²) in [6.07, 6.45) is -29.2. The Bertz CT molecular complexity index is 1970. The summed E-state index contributed by atoms with van der Waals surface area (Å²) in [4.78, 5) is 0. The molecule has 0 aromatic heterocycles. The van der Waals surface area contributed by atoms with E-state index in [0.29, 0.717) is 25.7 Å². The minimum Gasteiger partial charge on any atom is -0.394 e. The van der Waals surface area contributed by atoms with E-state index in [4.69, 9.17) is 52.8 Å². The predicted octanol–water partition coefficient (Wildman–Crippen LogP) is -3.95. The Hall–Kier alpha value is -1.20. The minimum atomic E-state index is -1.82. The third-order valence-electron chi connectivity index (χ3n) is 17.4. The van der Waals surface area contributed by atoms with Crippen LogP contribution in [0, 0.1) is 21.7 Å². The van der Waals surface area contributed by atoms with Crippen LogP contribution >= 0.6 is 0 Å². The third-order valence-corrected chi connectivity index (χ3v) is 17.4. The van der Waals surface area contributed by atoms with Gasteiger partial charge in [-0.3, -0.25) is 0 Å². The lowest BCUT2D eigenvalue weighted by atomic mass is 9.87. The summed E-state index contributed by atoms with van der Waals surface area (Å²) in [6, 6.07) is 0. The molecule has 21 N–H and O–H groups in total. The average molecular weight is 1360 g/mol. The van der Waals surface area contributed by atoms with Gasteiger partial charge >= 0.3 is 0 Å². The fraction of sp³-hybridized carbons (Fsp3) is 1.00. The predicted molar refractivity (Wildman–Crippen MR) is 329 cm³/mol. The van der Waals surface area contributed by atoms with E-state index in [-0.39, 0.29) is 47.6 Å². The van der Waals surface area contributed by atoms with E-state index in [2.05, 4.69) is 62.3 Å². The number of aliphatic hydroxyl groups is 21. The van der Waals surface area contributed by atoms with Crippen molar-refractivity contribution in [1.29, 1.82) is 0 Å². The highest BCUT2D eigenvalue weighted by molar-refractivity contribution is 4.97. The molecule has 0 saturated carbocycles. The average Bonchev–Trinajstić information content (AvgIpc) is 0.806. The SMILES string of the molecule is CC(C)(C)CCC[C@H]1O[C@H](CO)[C@@H](O)[C@H](O)[C@@H]1O.CC(C)(C)CCC[C@H]1O[C@H](CO)[C@@H](O)[C@H](O)[C@H]1O.CC(C)(C)CCO[C@H]1O[C@H](CO[C@H]2O[C@H](CO)[C@@H](O)[C@H](O)[C@@H]2O)[C@@H](O)[C@H](O[C@H]2O[C@H](CO)[C@@H](O)[C@H](O)[C@@H]2O)[C@@H]1O.C[C@@H]1O[C@@H](CCCC(C)(C)C)[C@@H](O)[C@H](O)[C@@H]1O. The highest BCUT2D eigenvalue weighted by atomic mass is 16.8. The summed E-state index contributed by atoms with van der Waals surface area (Å²) in [6.45, 7) is 24.5. The van der Waals surface area contributed by atoms with Gasteiger partial charge in [0.1, 0.15) is 140 Å². The molecule has 6 rings (SSSR count). The topological polar surface area (TPSA) is 508 Å². The van der Waals surface area contributed by atoms with Gasteiger partial charge in [0.05, 0.1) is 64.1 Å². The molecule has 0 bridgehead atoms. The molecule has 30 heteroatoms. The number of aliphatic hydroxyl groups excluding tert-OH is 21. The second-order valence-corrected chi connectivity index (χ2v) is 30.5. The van der Waals surface area contributed by atoms with Crippen LogP contribution in [0.2, 0.25) is 0 Å². The first kappa shape index (κ1) is 86.0. The van der Waals surface area contributed by atoms with Crippen LogP contribution in [0.3, 0.4) is 0 Å². The van der Waals surface area contributed by atoms with Crippen molar-refractivity contribution in [3.63, 3.8) is 0 Å². The Morgan fingerprint density at radius 1 is 0.280 bits per heavy atom. The number of rotatable bonds is 21. The molecule has 93 heavy (non-hydrogen) atoms. The first-order chi connectivity index (χ1) is 42.9. The second-order valence-electron chi connectivity index (χ2n) is 30.5. The molecule has 30 atom stereocenters. The summed E-state index contributed by atoms with van der Waals surface area (Å²) >= 11 is 0. The van der Waals surface area contributed by atoms with Gasteiger partial charge in [0.25, 0.3) is 0 Å². The third kappa shape index (κ3) is 26.7. The Morgan fingerprint density at radius 2 is 0.570 bits per heavy atom. The molecule has 6 heterocycles. The minimum absolute atomic E-state index is 0.128. The van der Waals surface area contributed by atoms with Crippen molar-refractivity contribution >= 4 is 0 Å². The van der Waals surface area contributed by atoms with E-state index < -0.39 is 197 Å². The quantitative estimate of drug-likeness (QED) is 0.0522. The van der Waals surface area contributed by atoms with Crippen molar-refractivity contribution in [3.05, 3.63) is 0 Å². The molecule has 6 aliphatic heterocycles. The molecule has 6 saturated heterocycles. The Kier molecular flexibility index (Phi) is 35.7. The number of ether oxygens (including phenoxy) is 9. The molecule has 0 spiro atoms. The monoisotopic (exact) mass is 1360 g/mol. The van der Waals surface area contributed by atoms with Crippen LogP contribution in [0.4, 0.5) is 0 Å². The van der Waals surface area contributed by atoms with E-state index in [9.17, 15) is 97.0 Å². The first-order valence-corrected chi connectivity index (χ1v) is 32.8. The van der Waals surface area contributed by atoms with Crippen molar-refractivity contribution in [1.82, 2.24) is 0 Å². The van der Waals surface area contributed by atoms with Crippen molar-refractivity contribution in [2.75, 3.05) is 39.6 Å². The van der Waals surface area contributed by atoms with Crippen molar-refractivity contribution in [2.45, 2.75) is 338 Å². The smallest absolute Gasteiger partial charge is 0.187 e. The molecule has 30 nitrogen and oxygen atoms in total. The highest BCUT2D eigenvalue weighted by Crippen LogP contribution is 2.35. The molecule has 554 valence electrons. The molecule has 6 aliphatic rings. The van der Waals surface area contributed by atoms with Gasteiger partial charge in [0.2, 0.25) is 0 Å². The van der Waals surface area contributed by atoms with Crippen LogP contribution in [0.15, 0.2) is 0 Å². The van der Waals surface area contributed by atoms with E-state index in [0.717, 1.165) is 38.5 Å². The lowest BCUT2D eigenvalue weighted by molar-refractivity contribution is -0.366. The Balaban J connectivity index is 0.000000355. The van der Waals surface area contributed by atoms with E-state index in [1.807, 2.05) is 20.8 Å². The fourth-order valence-electron chi connectivity index (χ4n) is 11.3. The van der Waals surface area contributed by atoms with Gasteiger partial charge in [-0.25, -0.2) is 0 Å². The van der Waals surface area contributed by atoms with E-state index >= 15 is 0 Å². The van der Waals surface area contributed by atoms with Crippen molar-refractivity contribution < 1.29 is 150 Å². The Labute approximate surface area is 547 Å². The van der Waals surface area contributed by atoms with Crippen LogP contribution in [0.1, 0.15) is 154 Å². The van der Waals surface area contributed by atoms with Gasteiger partial charge in [-0.2, -0.15) is 0 Å². The first-order valence-electron chi connectivity index (χ1n) is 32.8. The molecule has 0 unspecified atom stereocenters. The lowest BCUT2D eigenvalue weighted by Crippen LogP contribution is -2.65. The van der Waals surface area contributed by atoms with Crippen LogP contribution in [-0.4, -0.2) is 331 Å². The van der Waals surface area contributed by atoms with Crippen molar-refractivity contribution in [3.8, 4) is 0 Å². The maximum atomic E-state index is 11.0. The lowest BCUT2D eigenvalue weighted by Gasteiger charge is -2.46. The zero-order valence-corrected chi connectivity index (χ0v) is 56.7. The summed E-state index contributed by atoms with van der Waals surface area (Å²) < 4.78 is 49.7. The standard InChI is InChI=1S/C24H44O16.2C13H26O5.C13H26O4/c1-24(2,3)4-5-35-22-19(34)20(40-23-18(33)16(31)13(28)10(7-26)38-23)14(29)11(39-22)8-36-21-17(32)15(30)12(27)9(6-25)37-21;2*1-13(2,3)6-4-5-8-10(15)12(17)11(16)9(7-14)18-8;1-8-10(14)12(16)11(15)9(17-8)6-5-7-13(2,3)4/h9-23,25-34H,4-8H2,1-3H3;2*8-12,14-17H,4-7H2,1-3H3;8-12,14-16H,5-7H2,1-4H3/t9-,10-,11-,12-,13-,14-,15+,16+,17+,18+,19+,20+,21+,22+,23-;8-,9-,10+,11-,12-;8-,9-,10-,11-,12-;8-,9-,10+,11+,12+/m1110/s1. The van der Waals surface area contributed by atoms with Gasteiger partial charge in [-0.05, 0) is 73.5 Å². The molecule has 0 aliphatic carbocycles. The largest absolute Gasteiger partial charge is 0.394 e. The summed E-state index contributed by atoms with van der Waals surface area (Å²) in [5.74, 6) is 0. The van der Waals surface area contributed by atoms with Gasteiger partial charge < -0.3 is 150 Å². The zero-order chi connectivity index (χ0) is 71.0. The molecule has 6 fully saturated rings. The molecule has 0 amide bonds. The van der Waals surface area contributed by atoms with Gasteiger partial charge in [-0.1, -0.05) is 102 Å².